The second-order valence-corrected chi connectivity index (χ2v) is 5.40. The van der Waals surface area contributed by atoms with E-state index >= 15 is 0 Å². The van der Waals surface area contributed by atoms with Crippen molar-refractivity contribution in [2.24, 2.45) is 0 Å². The van der Waals surface area contributed by atoms with Crippen molar-refractivity contribution in [3.05, 3.63) is 0 Å². The Balaban J connectivity index is 0. The van der Waals surface area contributed by atoms with E-state index in [9.17, 15) is 9.59 Å². The van der Waals surface area contributed by atoms with Crippen LogP contribution in [0.2, 0.25) is 0 Å². The fourth-order valence-corrected chi connectivity index (χ4v) is 1.81. The maximum atomic E-state index is 11.0. The summed E-state index contributed by atoms with van der Waals surface area (Å²) in [5.74, 6) is -1.22. The Kier molecular flexibility index (Phi) is 18.9. The minimum absolute atomic E-state index is 0.0366. The number of aliphatic carboxylic acids is 1. The van der Waals surface area contributed by atoms with Crippen molar-refractivity contribution in [3.63, 3.8) is 0 Å². The fraction of sp³-hybridized carbons (Fsp3) is 0.882. The second-order valence-electron chi connectivity index (χ2n) is 5.40. The molecule has 0 aliphatic carbocycles. The molecule has 0 spiro atoms. The van der Waals surface area contributed by atoms with Gasteiger partial charge < -0.3 is 14.9 Å². The van der Waals surface area contributed by atoms with Crippen LogP contribution in [-0.4, -0.2) is 34.9 Å². The smallest absolute Gasteiger partial charge is 0.332 e. The highest BCUT2D eigenvalue weighted by Crippen LogP contribution is 2.10. The number of hydrogen-bond acceptors (Lipinski definition) is 4. The van der Waals surface area contributed by atoms with E-state index in [1.807, 2.05) is 6.92 Å². The highest BCUT2D eigenvalue weighted by atomic mass is 16.5. The first kappa shape index (κ1) is 23.2. The number of carbonyl (C=O) groups excluding carboxylic acids is 1. The molecule has 0 aromatic rings. The Labute approximate surface area is 135 Å². The van der Waals surface area contributed by atoms with Crippen LogP contribution >= 0.6 is 0 Å². The van der Waals surface area contributed by atoms with Crippen LogP contribution < -0.4 is 0 Å². The van der Waals surface area contributed by atoms with Crippen LogP contribution in [0.3, 0.4) is 0 Å². The summed E-state index contributed by atoms with van der Waals surface area (Å²) in [5.41, 5.74) is 0. The van der Waals surface area contributed by atoms with Crippen LogP contribution in [0.5, 0.6) is 0 Å². The third kappa shape index (κ3) is 21.2. The van der Waals surface area contributed by atoms with Crippen LogP contribution in [0.15, 0.2) is 0 Å². The Morgan fingerprint density at radius 1 is 0.909 bits per heavy atom. The van der Waals surface area contributed by atoms with E-state index in [1.165, 1.54) is 58.3 Å². The van der Waals surface area contributed by atoms with Gasteiger partial charge in [0.1, 0.15) is 6.10 Å². The van der Waals surface area contributed by atoms with Gasteiger partial charge >= 0.3 is 11.9 Å². The highest BCUT2D eigenvalue weighted by Gasteiger charge is 2.01. The van der Waals surface area contributed by atoms with E-state index in [2.05, 4.69) is 6.92 Å². The molecule has 1 atom stereocenters. The van der Waals surface area contributed by atoms with E-state index in [0.29, 0.717) is 13.0 Å². The van der Waals surface area contributed by atoms with Gasteiger partial charge in [-0.05, 0) is 20.3 Å². The summed E-state index contributed by atoms with van der Waals surface area (Å²) in [6.07, 6.45) is 11.0. The van der Waals surface area contributed by atoms with Crippen molar-refractivity contribution in [3.8, 4) is 0 Å². The van der Waals surface area contributed by atoms with Crippen LogP contribution in [0.1, 0.15) is 85.0 Å². The molecule has 2 N–H and O–H groups in total. The number of ether oxygens (including phenoxy) is 1. The Hall–Kier alpha value is -1.10. The molecule has 0 bridgehead atoms. The van der Waals surface area contributed by atoms with Crippen molar-refractivity contribution < 1.29 is 24.5 Å². The van der Waals surface area contributed by atoms with E-state index in [0.717, 1.165) is 6.42 Å². The maximum Gasteiger partial charge on any atom is 0.332 e. The first-order valence-electron chi connectivity index (χ1n) is 8.52. The van der Waals surface area contributed by atoms with Crippen LogP contribution in [-0.2, 0) is 14.3 Å². The van der Waals surface area contributed by atoms with Gasteiger partial charge in [0.25, 0.3) is 0 Å². The van der Waals surface area contributed by atoms with E-state index in [4.69, 9.17) is 14.9 Å². The van der Waals surface area contributed by atoms with Crippen molar-refractivity contribution in [2.75, 3.05) is 6.61 Å². The van der Waals surface area contributed by atoms with Gasteiger partial charge in [-0.3, -0.25) is 4.79 Å². The standard InChI is InChI=1S/C14H28O2.C3H6O3/c1-3-5-6-7-8-9-10-11-12-13-14(15)16-4-2;1-2(4)3(5)6/h3-13H2,1-2H3;2,4H,1H3,(H,5,6). The Morgan fingerprint density at radius 3 is 1.68 bits per heavy atom. The van der Waals surface area contributed by atoms with Gasteiger partial charge in [0.2, 0.25) is 0 Å². The van der Waals surface area contributed by atoms with Crippen molar-refractivity contribution >= 4 is 11.9 Å². The molecule has 0 saturated carbocycles. The lowest BCUT2D eigenvalue weighted by Crippen LogP contribution is -2.13. The molecule has 0 heterocycles. The van der Waals surface area contributed by atoms with Gasteiger partial charge in [0.05, 0.1) is 6.61 Å². The molecule has 0 saturated heterocycles. The summed E-state index contributed by atoms with van der Waals surface area (Å²) in [5, 5.41) is 15.8. The Morgan fingerprint density at radius 2 is 1.32 bits per heavy atom. The molecule has 0 aliphatic heterocycles. The number of hydrogen-bond donors (Lipinski definition) is 2. The zero-order chi connectivity index (χ0) is 17.2. The number of aliphatic hydroxyl groups is 1. The summed E-state index contributed by atoms with van der Waals surface area (Å²) in [7, 11) is 0. The Bertz CT molecular complexity index is 264. The average molecular weight is 318 g/mol. The first-order chi connectivity index (χ1) is 10.5. The van der Waals surface area contributed by atoms with Crippen molar-refractivity contribution in [1.82, 2.24) is 0 Å². The van der Waals surface area contributed by atoms with Crippen LogP contribution in [0, 0.1) is 0 Å². The second kappa shape index (κ2) is 18.0. The predicted octanol–water partition coefficient (Wildman–Crippen LogP) is 3.92. The maximum absolute atomic E-state index is 11.0. The third-order valence-electron chi connectivity index (χ3n) is 3.15. The largest absolute Gasteiger partial charge is 0.479 e. The topological polar surface area (TPSA) is 83.8 Å². The fourth-order valence-electron chi connectivity index (χ4n) is 1.81. The zero-order valence-electron chi connectivity index (χ0n) is 14.5. The van der Waals surface area contributed by atoms with Gasteiger partial charge in [0, 0.05) is 6.42 Å². The van der Waals surface area contributed by atoms with Crippen LogP contribution in [0.25, 0.3) is 0 Å². The minimum Gasteiger partial charge on any atom is -0.479 e. The molecule has 1 unspecified atom stereocenters. The monoisotopic (exact) mass is 318 g/mol. The van der Waals surface area contributed by atoms with Crippen LogP contribution in [0.4, 0.5) is 0 Å². The molecular weight excluding hydrogens is 284 g/mol. The minimum atomic E-state index is -1.23. The molecule has 5 heteroatoms. The molecule has 0 amide bonds. The van der Waals surface area contributed by atoms with E-state index in [1.54, 1.807) is 0 Å². The number of carbonyl (C=O) groups is 2. The number of esters is 1. The lowest BCUT2D eigenvalue weighted by atomic mass is 10.1. The van der Waals surface area contributed by atoms with Gasteiger partial charge in [-0.2, -0.15) is 0 Å². The first-order valence-corrected chi connectivity index (χ1v) is 8.52. The third-order valence-corrected chi connectivity index (χ3v) is 3.15. The zero-order valence-corrected chi connectivity index (χ0v) is 14.5. The highest BCUT2D eigenvalue weighted by molar-refractivity contribution is 5.71. The average Bonchev–Trinajstić information content (AvgIpc) is 2.46. The van der Waals surface area contributed by atoms with E-state index in [-0.39, 0.29) is 5.97 Å². The number of aliphatic hydroxyl groups excluding tert-OH is 1. The van der Waals surface area contributed by atoms with Crippen molar-refractivity contribution in [1.29, 1.82) is 0 Å². The molecule has 0 aliphatic rings. The van der Waals surface area contributed by atoms with E-state index < -0.39 is 12.1 Å². The van der Waals surface area contributed by atoms with Gasteiger partial charge in [0.15, 0.2) is 0 Å². The summed E-state index contributed by atoms with van der Waals surface area (Å²) in [6.45, 7) is 5.81. The number of unbranched alkanes of at least 4 members (excludes halogenated alkanes) is 8. The number of rotatable bonds is 12. The molecule has 0 fully saturated rings. The van der Waals surface area contributed by atoms with Gasteiger partial charge in [-0.25, -0.2) is 4.79 Å². The quantitative estimate of drug-likeness (QED) is 0.421. The molecular formula is C17H34O5. The lowest BCUT2D eigenvalue weighted by molar-refractivity contribution is -0.145. The summed E-state index contributed by atoms with van der Waals surface area (Å²) < 4.78 is 4.87. The molecule has 0 radical (unpaired) electrons. The molecule has 132 valence electrons. The molecule has 0 rings (SSSR count). The summed E-state index contributed by atoms with van der Waals surface area (Å²) in [4.78, 5) is 20.5. The summed E-state index contributed by atoms with van der Waals surface area (Å²) in [6, 6.07) is 0. The summed E-state index contributed by atoms with van der Waals surface area (Å²) >= 11 is 0. The van der Waals surface area contributed by atoms with Gasteiger partial charge in [-0.15, -0.1) is 0 Å². The number of carboxylic acids is 1. The van der Waals surface area contributed by atoms with Crippen molar-refractivity contribution in [2.45, 2.75) is 91.1 Å². The molecule has 5 nitrogen and oxygen atoms in total. The predicted molar refractivity (Wildman–Crippen MR) is 87.8 cm³/mol. The van der Waals surface area contributed by atoms with Gasteiger partial charge in [-0.1, -0.05) is 58.3 Å². The lowest BCUT2D eigenvalue weighted by Gasteiger charge is -2.02. The SMILES string of the molecule is CC(O)C(=O)O.CCCCCCCCCCCC(=O)OCC. The molecule has 22 heavy (non-hydrogen) atoms. The molecule has 0 aromatic heterocycles. The molecule has 0 aromatic carbocycles. The normalized spacial score (nSPS) is 11.3. The number of carboxylic acid groups (broad SMARTS) is 1.